The van der Waals surface area contributed by atoms with Crippen molar-refractivity contribution in [2.45, 2.75) is 53.4 Å². The molecule has 0 unspecified atom stereocenters. The Morgan fingerprint density at radius 2 is 1.39 bits per heavy atom. The van der Waals surface area contributed by atoms with E-state index in [0.717, 1.165) is 16.8 Å². The number of hydrogen-bond acceptors (Lipinski definition) is 6. The molecular weight excluding hydrogens is 422 g/mol. The number of carbonyl (C=O) groups is 3. The van der Waals surface area contributed by atoms with Crippen LogP contribution in [0.1, 0.15) is 55.8 Å². The number of carbonyl (C=O) groups excluding carboxylic acids is 3. The van der Waals surface area contributed by atoms with Crippen molar-refractivity contribution in [1.29, 1.82) is 0 Å². The van der Waals surface area contributed by atoms with Gasteiger partial charge in [0.1, 0.15) is 0 Å². The van der Waals surface area contributed by atoms with E-state index in [1.165, 1.54) is 0 Å². The van der Waals surface area contributed by atoms with Crippen molar-refractivity contribution in [1.82, 2.24) is 4.57 Å². The molecule has 176 valence electrons. The second kappa shape index (κ2) is 9.65. The fraction of sp³-hybridized carbons (Fsp3) is 0.423. The van der Waals surface area contributed by atoms with Gasteiger partial charge in [-0.3, -0.25) is 9.59 Å². The minimum Gasteiger partial charge on any atom is -0.465 e. The van der Waals surface area contributed by atoms with Crippen molar-refractivity contribution >= 4 is 23.6 Å². The van der Waals surface area contributed by atoms with E-state index in [1.807, 2.05) is 55.7 Å². The first-order chi connectivity index (χ1) is 15.8. The highest BCUT2D eigenvalue weighted by Crippen LogP contribution is 2.51. The van der Waals surface area contributed by atoms with Crippen LogP contribution in [0.2, 0.25) is 0 Å². The summed E-state index contributed by atoms with van der Waals surface area (Å²) in [5, 5.41) is 0. The van der Waals surface area contributed by atoms with Crippen LogP contribution in [0.3, 0.4) is 0 Å². The number of ether oxygens (including phenoxy) is 3. The second-order valence-electron chi connectivity index (χ2n) is 7.73. The molecule has 0 fully saturated rings. The van der Waals surface area contributed by atoms with Crippen LogP contribution in [-0.2, 0) is 40.4 Å². The second-order valence-corrected chi connectivity index (χ2v) is 7.73. The average Bonchev–Trinajstić information content (AvgIpc) is 3.25. The zero-order valence-electron chi connectivity index (χ0n) is 20.1. The maximum Gasteiger partial charge on any atom is 0.338 e. The van der Waals surface area contributed by atoms with E-state index < -0.39 is 23.3 Å². The Balaban J connectivity index is 2.59. The smallest absolute Gasteiger partial charge is 0.338 e. The van der Waals surface area contributed by atoms with Crippen LogP contribution in [-0.4, -0.2) is 42.3 Å². The first kappa shape index (κ1) is 24.3. The standard InChI is InChI=1S/C26H31NO6/c1-7-19-16(5)22-26(24(29)32-9-3,25(30)33-10-4)20(23(28)31-8-2)21(27(22)17(19)6)18-14-12-11-13-15-18/h11-15H,7-10H2,1-6H3. The summed E-state index contributed by atoms with van der Waals surface area (Å²) in [7, 11) is 0. The average molecular weight is 454 g/mol. The molecule has 0 N–H and O–H groups in total. The molecule has 0 bridgehead atoms. The quantitative estimate of drug-likeness (QED) is 0.343. The lowest BCUT2D eigenvalue weighted by molar-refractivity contribution is -0.165. The van der Waals surface area contributed by atoms with Gasteiger partial charge in [-0.05, 0) is 57.7 Å². The zero-order valence-corrected chi connectivity index (χ0v) is 20.1. The molecule has 0 saturated heterocycles. The van der Waals surface area contributed by atoms with E-state index in [4.69, 9.17) is 14.2 Å². The van der Waals surface area contributed by atoms with Gasteiger partial charge in [0, 0.05) is 5.69 Å². The molecule has 1 aliphatic heterocycles. The van der Waals surface area contributed by atoms with Gasteiger partial charge in [-0.15, -0.1) is 0 Å². The lowest BCUT2D eigenvalue weighted by atomic mass is 9.75. The topological polar surface area (TPSA) is 83.8 Å². The summed E-state index contributed by atoms with van der Waals surface area (Å²) in [5.74, 6) is -2.44. The molecule has 3 rings (SSSR count). The fourth-order valence-electron chi connectivity index (χ4n) is 4.82. The third-order valence-electron chi connectivity index (χ3n) is 6.04. The highest BCUT2D eigenvalue weighted by atomic mass is 16.6. The van der Waals surface area contributed by atoms with Crippen LogP contribution in [0, 0.1) is 13.8 Å². The predicted octanol–water partition coefficient (Wildman–Crippen LogP) is 3.87. The Kier molecular flexibility index (Phi) is 7.10. The molecule has 0 saturated carbocycles. The van der Waals surface area contributed by atoms with Crippen LogP contribution in [0.5, 0.6) is 0 Å². The number of aromatic nitrogens is 1. The highest BCUT2D eigenvalue weighted by molar-refractivity contribution is 6.22. The van der Waals surface area contributed by atoms with Gasteiger partial charge >= 0.3 is 17.9 Å². The fourth-order valence-corrected chi connectivity index (χ4v) is 4.82. The van der Waals surface area contributed by atoms with E-state index in [0.29, 0.717) is 23.4 Å². The Morgan fingerprint density at radius 1 is 0.848 bits per heavy atom. The van der Waals surface area contributed by atoms with E-state index in [1.54, 1.807) is 20.8 Å². The molecule has 2 aromatic rings. The van der Waals surface area contributed by atoms with E-state index in [9.17, 15) is 14.4 Å². The summed E-state index contributed by atoms with van der Waals surface area (Å²) >= 11 is 0. The highest BCUT2D eigenvalue weighted by Gasteiger charge is 2.64. The summed E-state index contributed by atoms with van der Waals surface area (Å²) in [4.78, 5) is 40.9. The van der Waals surface area contributed by atoms with Gasteiger partial charge in [-0.2, -0.15) is 0 Å². The number of rotatable bonds is 8. The molecule has 0 aliphatic carbocycles. The van der Waals surface area contributed by atoms with E-state index >= 15 is 0 Å². The molecule has 1 aromatic carbocycles. The molecule has 0 atom stereocenters. The summed E-state index contributed by atoms with van der Waals surface area (Å²) < 4.78 is 18.1. The van der Waals surface area contributed by atoms with E-state index in [2.05, 4.69) is 0 Å². The minimum atomic E-state index is -2.09. The Hall–Kier alpha value is -3.35. The molecule has 1 aliphatic rings. The van der Waals surface area contributed by atoms with E-state index in [-0.39, 0.29) is 25.4 Å². The predicted molar refractivity (Wildman–Crippen MR) is 124 cm³/mol. The maximum absolute atomic E-state index is 13.7. The van der Waals surface area contributed by atoms with Crippen molar-refractivity contribution in [2.75, 3.05) is 19.8 Å². The summed E-state index contributed by atoms with van der Waals surface area (Å²) in [5.41, 5.74) is 1.94. The Bertz CT molecular complexity index is 1090. The van der Waals surface area contributed by atoms with Crippen molar-refractivity contribution in [3.05, 3.63) is 64.0 Å². The molecule has 0 radical (unpaired) electrons. The lowest BCUT2D eigenvalue weighted by Gasteiger charge is -2.27. The van der Waals surface area contributed by atoms with Gasteiger partial charge in [0.15, 0.2) is 0 Å². The van der Waals surface area contributed by atoms with Gasteiger partial charge in [-0.25, -0.2) is 4.79 Å². The summed E-state index contributed by atoms with van der Waals surface area (Å²) in [6.45, 7) is 11.0. The molecule has 1 aromatic heterocycles. The number of fused-ring (bicyclic) bond motifs is 1. The molecule has 7 heteroatoms. The molecule has 7 nitrogen and oxygen atoms in total. The van der Waals surface area contributed by atoms with Crippen molar-refractivity contribution in [3.8, 4) is 0 Å². The van der Waals surface area contributed by atoms with Crippen molar-refractivity contribution < 1.29 is 28.6 Å². The molecule has 0 spiro atoms. The molecular formula is C26H31NO6. The normalized spacial score (nSPS) is 14.1. The Labute approximate surface area is 194 Å². The summed E-state index contributed by atoms with van der Waals surface area (Å²) in [6.07, 6.45) is 0.691. The Morgan fingerprint density at radius 3 is 1.88 bits per heavy atom. The van der Waals surface area contributed by atoms with Crippen LogP contribution < -0.4 is 0 Å². The van der Waals surface area contributed by atoms with Crippen molar-refractivity contribution in [3.63, 3.8) is 0 Å². The monoisotopic (exact) mass is 453 g/mol. The van der Waals surface area contributed by atoms with Gasteiger partial charge in [0.25, 0.3) is 0 Å². The number of esters is 3. The van der Waals surface area contributed by atoms with Gasteiger partial charge < -0.3 is 18.8 Å². The first-order valence-electron chi connectivity index (χ1n) is 11.4. The van der Waals surface area contributed by atoms with Gasteiger partial charge in [-0.1, -0.05) is 37.3 Å². The zero-order chi connectivity index (χ0) is 24.3. The number of benzene rings is 1. The number of hydrogen-bond donors (Lipinski definition) is 0. The lowest BCUT2D eigenvalue weighted by Crippen LogP contribution is -2.49. The largest absolute Gasteiger partial charge is 0.465 e. The third-order valence-corrected chi connectivity index (χ3v) is 6.04. The molecule has 2 heterocycles. The number of nitrogens with zero attached hydrogens (tertiary/aromatic N) is 1. The van der Waals surface area contributed by atoms with Crippen LogP contribution in [0.4, 0.5) is 0 Å². The van der Waals surface area contributed by atoms with Crippen LogP contribution in [0.25, 0.3) is 5.70 Å². The third kappa shape index (κ3) is 3.56. The van der Waals surface area contributed by atoms with Gasteiger partial charge in [0.05, 0.1) is 36.8 Å². The minimum absolute atomic E-state index is 0.0378. The van der Waals surface area contributed by atoms with Crippen molar-refractivity contribution in [2.24, 2.45) is 0 Å². The van der Waals surface area contributed by atoms with Gasteiger partial charge in [0.2, 0.25) is 5.41 Å². The SMILES string of the molecule is CCOC(=O)C1=C(c2ccccc2)n2c(C)c(CC)c(C)c2C1(C(=O)OCC)C(=O)OCC. The van der Waals surface area contributed by atoms with Crippen LogP contribution in [0.15, 0.2) is 35.9 Å². The molecule has 0 amide bonds. The summed E-state index contributed by atoms with van der Waals surface area (Å²) in [6, 6.07) is 9.22. The first-order valence-corrected chi connectivity index (χ1v) is 11.4. The van der Waals surface area contributed by atoms with Crippen LogP contribution >= 0.6 is 0 Å². The maximum atomic E-state index is 13.7. The molecule has 33 heavy (non-hydrogen) atoms.